The standard InChI is InChI=1S/C24H48O4/c1-4-23(3)28-22-21-26-20-18-16-14-12-10-8-6-7-9-11-13-15-17-19-24(25)27-5-2/h23H,4-22H2,1-3H3. The summed E-state index contributed by atoms with van der Waals surface area (Å²) in [5, 5.41) is 0. The van der Waals surface area contributed by atoms with Crippen LogP contribution in [0.2, 0.25) is 0 Å². The van der Waals surface area contributed by atoms with E-state index in [2.05, 4.69) is 13.8 Å². The van der Waals surface area contributed by atoms with Crippen molar-refractivity contribution in [1.82, 2.24) is 0 Å². The Balaban J connectivity index is 3.06. The number of carbonyl (C=O) groups excluding carboxylic acids is 1. The molecule has 0 bridgehead atoms. The first-order valence-corrected chi connectivity index (χ1v) is 12.1. The summed E-state index contributed by atoms with van der Waals surface area (Å²) in [6.45, 7) is 8.95. The SMILES string of the molecule is CCOC(=O)CCCCCCCCCCCCCCCOCCOC(C)CC. The Labute approximate surface area is 175 Å². The van der Waals surface area contributed by atoms with Crippen LogP contribution < -0.4 is 0 Å². The summed E-state index contributed by atoms with van der Waals surface area (Å²) in [5.74, 6) is -0.0401. The minimum Gasteiger partial charge on any atom is -0.466 e. The zero-order valence-electron chi connectivity index (χ0n) is 19.1. The van der Waals surface area contributed by atoms with Crippen molar-refractivity contribution < 1.29 is 19.0 Å². The molecular weight excluding hydrogens is 352 g/mol. The summed E-state index contributed by atoms with van der Waals surface area (Å²) in [4.78, 5) is 11.2. The van der Waals surface area contributed by atoms with Crippen LogP contribution in [0.25, 0.3) is 0 Å². The van der Waals surface area contributed by atoms with Crippen molar-refractivity contribution in [2.75, 3.05) is 26.4 Å². The zero-order valence-corrected chi connectivity index (χ0v) is 19.1. The molecular formula is C24H48O4. The van der Waals surface area contributed by atoms with E-state index in [1.807, 2.05) is 6.92 Å². The maximum atomic E-state index is 11.2. The second kappa shape index (κ2) is 22.7. The molecule has 4 nitrogen and oxygen atoms in total. The van der Waals surface area contributed by atoms with Gasteiger partial charge in [0.15, 0.2) is 0 Å². The molecule has 0 rings (SSSR count). The lowest BCUT2D eigenvalue weighted by Gasteiger charge is -2.10. The van der Waals surface area contributed by atoms with Crippen molar-refractivity contribution >= 4 is 5.97 Å². The predicted octanol–water partition coefficient (Wildman–Crippen LogP) is 6.84. The van der Waals surface area contributed by atoms with E-state index in [1.165, 1.54) is 70.6 Å². The van der Waals surface area contributed by atoms with E-state index in [1.54, 1.807) is 0 Å². The van der Waals surface area contributed by atoms with Gasteiger partial charge in [-0.1, -0.05) is 77.6 Å². The van der Waals surface area contributed by atoms with E-state index in [0.717, 1.165) is 39.1 Å². The van der Waals surface area contributed by atoms with Crippen LogP contribution in [0.1, 0.15) is 117 Å². The van der Waals surface area contributed by atoms with E-state index in [4.69, 9.17) is 14.2 Å². The van der Waals surface area contributed by atoms with Gasteiger partial charge in [0.25, 0.3) is 0 Å². The summed E-state index contributed by atoms with van der Waals surface area (Å²) < 4.78 is 16.1. The van der Waals surface area contributed by atoms with Crippen molar-refractivity contribution in [1.29, 1.82) is 0 Å². The highest BCUT2D eigenvalue weighted by Crippen LogP contribution is 2.13. The van der Waals surface area contributed by atoms with Crippen molar-refractivity contribution in [3.8, 4) is 0 Å². The fourth-order valence-electron chi connectivity index (χ4n) is 3.18. The van der Waals surface area contributed by atoms with E-state index < -0.39 is 0 Å². The average Bonchev–Trinajstić information content (AvgIpc) is 2.69. The molecule has 0 aliphatic rings. The Morgan fingerprint density at radius 1 is 0.679 bits per heavy atom. The van der Waals surface area contributed by atoms with Crippen LogP contribution in [-0.2, 0) is 19.0 Å². The van der Waals surface area contributed by atoms with Crippen molar-refractivity contribution in [2.45, 2.75) is 123 Å². The molecule has 1 atom stereocenters. The largest absolute Gasteiger partial charge is 0.466 e. The van der Waals surface area contributed by atoms with Crippen LogP contribution in [0.15, 0.2) is 0 Å². The Morgan fingerprint density at radius 3 is 1.68 bits per heavy atom. The fourth-order valence-corrected chi connectivity index (χ4v) is 3.18. The summed E-state index contributed by atoms with van der Waals surface area (Å²) in [5.41, 5.74) is 0. The molecule has 0 aromatic carbocycles. The highest BCUT2D eigenvalue weighted by atomic mass is 16.5. The molecule has 0 saturated carbocycles. The monoisotopic (exact) mass is 400 g/mol. The highest BCUT2D eigenvalue weighted by Gasteiger charge is 2.01. The molecule has 0 heterocycles. The minimum absolute atomic E-state index is 0.0401. The van der Waals surface area contributed by atoms with Crippen LogP contribution in [0.3, 0.4) is 0 Å². The molecule has 0 fully saturated rings. The van der Waals surface area contributed by atoms with Crippen molar-refractivity contribution in [3.63, 3.8) is 0 Å². The molecule has 0 amide bonds. The van der Waals surface area contributed by atoms with Gasteiger partial charge in [0.05, 0.1) is 25.9 Å². The van der Waals surface area contributed by atoms with E-state index >= 15 is 0 Å². The first-order chi connectivity index (χ1) is 13.7. The predicted molar refractivity (Wildman–Crippen MR) is 118 cm³/mol. The van der Waals surface area contributed by atoms with Gasteiger partial charge in [-0.05, 0) is 33.1 Å². The number of rotatable bonds is 22. The van der Waals surface area contributed by atoms with E-state index in [0.29, 0.717) is 19.1 Å². The third-order valence-corrected chi connectivity index (χ3v) is 5.18. The molecule has 4 heteroatoms. The number of esters is 1. The normalized spacial score (nSPS) is 12.2. The molecule has 0 radical (unpaired) electrons. The topological polar surface area (TPSA) is 44.8 Å². The molecule has 0 spiro atoms. The Kier molecular flexibility index (Phi) is 22.2. The fraction of sp³-hybridized carbons (Fsp3) is 0.958. The number of unbranched alkanes of at least 4 members (excludes halogenated alkanes) is 12. The molecule has 0 aromatic rings. The lowest BCUT2D eigenvalue weighted by atomic mass is 10.0. The lowest BCUT2D eigenvalue weighted by molar-refractivity contribution is -0.143. The number of carbonyl (C=O) groups is 1. The average molecular weight is 401 g/mol. The number of ether oxygens (including phenoxy) is 3. The van der Waals surface area contributed by atoms with Gasteiger partial charge in [-0.25, -0.2) is 0 Å². The summed E-state index contributed by atoms with van der Waals surface area (Å²) >= 11 is 0. The minimum atomic E-state index is -0.0401. The summed E-state index contributed by atoms with van der Waals surface area (Å²) in [6, 6.07) is 0. The molecule has 0 aromatic heterocycles. The number of hydrogen-bond donors (Lipinski definition) is 0. The maximum absolute atomic E-state index is 11.2. The summed E-state index contributed by atoms with van der Waals surface area (Å²) in [7, 11) is 0. The first kappa shape index (κ1) is 27.4. The highest BCUT2D eigenvalue weighted by molar-refractivity contribution is 5.69. The second-order valence-electron chi connectivity index (χ2n) is 7.85. The molecule has 0 aliphatic heterocycles. The Bertz CT molecular complexity index is 320. The second-order valence-corrected chi connectivity index (χ2v) is 7.85. The van der Waals surface area contributed by atoms with Gasteiger partial charge < -0.3 is 14.2 Å². The molecule has 168 valence electrons. The van der Waals surface area contributed by atoms with Crippen molar-refractivity contribution in [2.24, 2.45) is 0 Å². The van der Waals surface area contributed by atoms with Gasteiger partial charge >= 0.3 is 5.97 Å². The van der Waals surface area contributed by atoms with Gasteiger partial charge in [0.2, 0.25) is 0 Å². The molecule has 1 unspecified atom stereocenters. The third-order valence-electron chi connectivity index (χ3n) is 5.18. The zero-order chi connectivity index (χ0) is 20.7. The van der Waals surface area contributed by atoms with Gasteiger partial charge in [0.1, 0.15) is 0 Å². The third kappa shape index (κ3) is 21.7. The van der Waals surface area contributed by atoms with E-state index in [-0.39, 0.29) is 5.97 Å². The van der Waals surface area contributed by atoms with Crippen LogP contribution in [0.4, 0.5) is 0 Å². The first-order valence-electron chi connectivity index (χ1n) is 12.1. The molecule has 0 aliphatic carbocycles. The van der Waals surface area contributed by atoms with E-state index in [9.17, 15) is 4.79 Å². The van der Waals surface area contributed by atoms with Gasteiger partial charge in [0, 0.05) is 13.0 Å². The van der Waals surface area contributed by atoms with Crippen LogP contribution in [0.5, 0.6) is 0 Å². The quantitative estimate of drug-likeness (QED) is 0.147. The Morgan fingerprint density at radius 2 is 1.18 bits per heavy atom. The van der Waals surface area contributed by atoms with Gasteiger partial charge in [-0.3, -0.25) is 4.79 Å². The summed E-state index contributed by atoms with van der Waals surface area (Å²) in [6.07, 6.45) is 18.7. The lowest BCUT2D eigenvalue weighted by Crippen LogP contribution is -2.12. The molecule has 0 N–H and O–H groups in total. The smallest absolute Gasteiger partial charge is 0.305 e. The van der Waals surface area contributed by atoms with Crippen LogP contribution in [0, 0.1) is 0 Å². The van der Waals surface area contributed by atoms with Crippen LogP contribution in [-0.4, -0.2) is 38.5 Å². The molecule has 28 heavy (non-hydrogen) atoms. The van der Waals surface area contributed by atoms with Gasteiger partial charge in [-0.15, -0.1) is 0 Å². The van der Waals surface area contributed by atoms with Gasteiger partial charge in [-0.2, -0.15) is 0 Å². The maximum Gasteiger partial charge on any atom is 0.305 e. The number of hydrogen-bond acceptors (Lipinski definition) is 4. The van der Waals surface area contributed by atoms with Crippen LogP contribution >= 0.6 is 0 Å². The molecule has 0 saturated heterocycles. The van der Waals surface area contributed by atoms with Crippen molar-refractivity contribution in [3.05, 3.63) is 0 Å². The Hall–Kier alpha value is -0.610.